The maximum atomic E-state index is 6.08. The summed E-state index contributed by atoms with van der Waals surface area (Å²) in [6, 6.07) is 10.4. The summed E-state index contributed by atoms with van der Waals surface area (Å²) in [6.45, 7) is 13.3. The van der Waals surface area contributed by atoms with Gasteiger partial charge in [-0.1, -0.05) is 30.3 Å². The Kier molecular flexibility index (Phi) is 14.2. The van der Waals surface area contributed by atoms with Gasteiger partial charge in [0.05, 0.1) is 18.3 Å². The fraction of sp³-hybridized carbons (Fsp3) is 0.739. The average Bonchev–Trinajstić information content (AvgIpc) is 2.69. The van der Waals surface area contributed by atoms with E-state index in [-0.39, 0.29) is 24.6 Å². The van der Waals surface area contributed by atoms with Crippen molar-refractivity contribution in [3.05, 3.63) is 35.9 Å². The second-order valence-corrected chi connectivity index (χ2v) is 6.56. The molecule has 0 heterocycles. The molecule has 162 valence electrons. The van der Waals surface area contributed by atoms with Crippen molar-refractivity contribution >= 4 is 0 Å². The zero-order valence-corrected chi connectivity index (χ0v) is 18.4. The van der Waals surface area contributed by atoms with Crippen molar-refractivity contribution in [2.45, 2.75) is 78.5 Å². The van der Waals surface area contributed by atoms with Crippen molar-refractivity contribution in [3.8, 4) is 0 Å². The van der Waals surface area contributed by atoms with Gasteiger partial charge in [0.2, 0.25) is 0 Å². The van der Waals surface area contributed by atoms with E-state index in [1.54, 1.807) is 0 Å². The number of rotatable bonds is 17. The molecule has 0 aromatic heterocycles. The summed E-state index contributed by atoms with van der Waals surface area (Å²) in [6.07, 6.45) is 2.11. The molecule has 0 saturated heterocycles. The summed E-state index contributed by atoms with van der Waals surface area (Å²) < 4.78 is 29.6. The lowest BCUT2D eigenvalue weighted by Gasteiger charge is -2.29. The molecule has 28 heavy (non-hydrogen) atoms. The molecule has 0 saturated carbocycles. The molecule has 0 N–H and O–H groups in total. The van der Waals surface area contributed by atoms with Crippen LogP contribution >= 0.6 is 0 Å². The Morgan fingerprint density at radius 2 is 1.07 bits per heavy atom. The zero-order valence-electron chi connectivity index (χ0n) is 18.4. The van der Waals surface area contributed by atoms with Gasteiger partial charge in [0.15, 0.2) is 6.29 Å². The van der Waals surface area contributed by atoms with Crippen LogP contribution in [-0.2, 0) is 23.7 Å². The maximum Gasteiger partial charge on any atom is 0.160 e. The lowest BCUT2D eigenvalue weighted by molar-refractivity contribution is -0.161. The van der Waals surface area contributed by atoms with Crippen LogP contribution in [0.15, 0.2) is 30.3 Å². The van der Waals surface area contributed by atoms with Crippen molar-refractivity contribution in [1.82, 2.24) is 0 Å². The van der Waals surface area contributed by atoms with Crippen LogP contribution in [0.25, 0.3) is 0 Å². The minimum absolute atomic E-state index is 0.0135. The maximum absolute atomic E-state index is 6.08. The minimum atomic E-state index is -0.245. The molecule has 0 aliphatic carbocycles. The van der Waals surface area contributed by atoms with Gasteiger partial charge in [0, 0.05) is 52.3 Å². The van der Waals surface area contributed by atoms with Gasteiger partial charge in [-0.25, -0.2) is 0 Å². The molecular weight excluding hydrogens is 356 g/mol. The van der Waals surface area contributed by atoms with Crippen molar-refractivity contribution in [2.75, 3.05) is 33.0 Å². The second kappa shape index (κ2) is 15.9. The van der Waals surface area contributed by atoms with E-state index in [1.807, 2.05) is 40.7 Å². The van der Waals surface area contributed by atoms with Crippen LogP contribution in [0.3, 0.4) is 0 Å². The number of benzene rings is 1. The van der Waals surface area contributed by atoms with Crippen molar-refractivity contribution in [2.24, 2.45) is 0 Å². The van der Waals surface area contributed by atoms with Crippen LogP contribution < -0.4 is 0 Å². The van der Waals surface area contributed by atoms with E-state index in [4.69, 9.17) is 23.7 Å². The Balaban J connectivity index is 2.81. The van der Waals surface area contributed by atoms with Gasteiger partial charge in [0.1, 0.15) is 0 Å². The van der Waals surface area contributed by atoms with Crippen LogP contribution in [0.2, 0.25) is 0 Å². The highest BCUT2D eigenvalue weighted by molar-refractivity contribution is 5.17. The summed E-state index contributed by atoms with van der Waals surface area (Å²) in [5.41, 5.74) is 1.18. The van der Waals surface area contributed by atoms with Gasteiger partial charge < -0.3 is 23.7 Å². The lowest BCUT2D eigenvalue weighted by Crippen LogP contribution is -2.31. The fourth-order valence-corrected chi connectivity index (χ4v) is 3.41. The van der Waals surface area contributed by atoms with Crippen molar-refractivity contribution in [3.63, 3.8) is 0 Å². The topological polar surface area (TPSA) is 46.2 Å². The van der Waals surface area contributed by atoms with Crippen LogP contribution in [0.4, 0.5) is 0 Å². The molecule has 5 heteroatoms. The third-order valence-electron chi connectivity index (χ3n) is 4.51. The highest BCUT2D eigenvalue weighted by Crippen LogP contribution is 2.27. The quantitative estimate of drug-likeness (QED) is 0.341. The molecule has 0 radical (unpaired) electrons. The molecule has 0 spiro atoms. The van der Waals surface area contributed by atoms with Crippen LogP contribution in [0.1, 0.15) is 65.5 Å². The first-order valence-corrected chi connectivity index (χ1v) is 10.8. The third-order valence-corrected chi connectivity index (χ3v) is 4.51. The Morgan fingerprint density at radius 1 is 0.571 bits per heavy atom. The monoisotopic (exact) mass is 396 g/mol. The Bertz CT molecular complexity index is 461. The molecule has 0 amide bonds. The molecule has 5 nitrogen and oxygen atoms in total. The first kappa shape index (κ1) is 25.1. The van der Waals surface area contributed by atoms with Crippen LogP contribution in [0, 0.1) is 0 Å². The van der Waals surface area contributed by atoms with Gasteiger partial charge >= 0.3 is 0 Å². The summed E-state index contributed by atoms with van der Waals surface area (Å²) >= 11 is 0. The predicted octanol–water partition coefficient (Wildman–Crippen LogP) is 5.14. The molecule has 1 rings (SSSR count). The lowest BCUT2D eigenvalue weighted by atomic mass is 9.98. The molecular formula is C23H40O5. The van der Waals surface area contributed by atoms with Gasteiger partial charge in [-0.3, -0.25) is 0 Å². The van der Waals surface area contributed by atoms with E-state index in [1.165, 1.54) is 5.56 Å². The third kappa shape index (κ3) is 9.99. The first-order chi connectivity index (χ1) is 13.7. The van der Waals surface area contributed by atoms with Gasteiger partial charge in [-0.2, -0.15) is 0 Å². The second-order valence-electron chi connectivity index (χ2n) is 6.56. The zero-order chi connectivity index (χ0) is 20.6. The fourth-order valence-electron chi connectivity index (χ4n) is 3.41. The normalized spacial score (nSPS) is 14.9. The van der Waals surface area contributed by atoms with Crippen molar-refractivity contribution < 1.29 is 23.7 Å². The largest absolute Gasteiger partial charge is 0.378 e. The highest BCUT2D eigenvalue weighted by Gasteiger charge is 2.25. The SMILES string of the molecule is CCOC(CC(CC(OCC)c1ccccc1)OCC)CC(OCC)OCC. The standard InChI is InChI=1S/C23H40O5/c1-6-24-20(17-22(26-8-3)19-14-12-11-13-15-19)16-21(25-7-2)18-23(27-9-4)28-10-5/h11-15,20-23H,6-10,16-18H2,1-5H3. The van der Waals surface area contributed by atoms with E-state index >= 15 is 0 Å². The first-order valence-electron chi connectivity index (χ1n) is 10.8. The number of hydrogen-bond donors (Lipinski definition) is 0. The molecule has 0 aliphatic rings. The van der Waals surface area contributed by atoms with Crippen molar-refractivity contribution in [1.29, 1.82) is 0 Å². The van der Waals surface area contributed by atoms with E-state index in [0.29, 0.717) is 39.5 Å². The van der Waals surface area contributed by atoms with Gasteiger partial charge in [-0.15, -0.1) is 0 Å². The summed E-state index contributed by atoms with van der Waals surface area (Å²) in [7, 11) is 0. The molecule has 0 bridgehead atoms. The van der Waals surface area contributed by atoms with E-state index < -0.39 is 0 Å². The van der Waals surface area contributed by atoms with Crippen LogP contribution in [-0.4, -0.2) is 51.5 Å². The highest BCUT2D eigenvalue weighted by atomic mass is 16.7. The summed E-state index contributed by atoms with van der Waals surface area (Å²) in [5, 5.41) is 0. The molecule has 3 atom stereocenters. The van der Waals surface area contributed by atoms with E-state index in [2.05, 4.69) is 24.3 Å². The average molecular weight is 397 g/mol. The van der Waals surface area contributed by atoms with Gasteiger partial charge in [-0.05, 0) is 40.2 Å². The van der Waals surface area contributed by atoms with Gasteiger partial charge in [0.25, 0.3) is 0 Å². The number of ether oxygens (including phenoxy) is 5. The molecule has 1 aromatic rings. The summed E-state index contributed by atoms with van der Waals surface area (Å²) in [4.78, 5) is 0. The molecule has 0 fully saturated rings. The smallest absolute Gasteiger partial charge is 0.160 e. The molecule has 1 aromatic carbocycles. The van der Waals surface area contributed by atoms with Crippen LogP contribution in [0.5, 0.6) is 0 Å². The minimum Gasteiger partial charge on any atom is -0.378 e. The summed E-state index contributed by atoms with van der Waals surface area (Å²) in [5.74, 6) is 0. The Hall–Kier alpha value is -0.980. The molecule has 0 aliphatic heterocycles. The Morgan fingerprint density at radius 3 is 1.57 bits per heavy atom. The Labute approximate surface area is 171 Å². The predicted molar refractivity (Wildman–Crippen MR) is 113 cm³/mol. The number of hydrogen-bond acceptors (Lipinski definition) is 5. The van der Waals surface area contributed by atoms with E-state index in [9.17, 15) is 0 Å². The molecule has 3 unspecified atom stereocenters. The van der Waals surface area contributed by atoms with E-state index in [0.717, 1.165) is 12.8 Å².